The molecule has 2 atom stereocenters. The Kier molecular flexibility index (Phi) is 4.02. The average Bonchev–Trinajstić information content (AvgIpc) is 2.83. The van der Waals surface area contributed by atoms with Crippen LogP contribution in [0.25, 0.3) is 0 Å². The molecule has 4 heteroatoms. The van der Waals surface area contributed by atoms with Gasteiger partial charge in [-0.05, 0) is 19.1 Å². The Morgan fingerprint density at radius 3 is 2.23 bits per heavy atom. The van der Waals surface area contributed by atoms with Crippen molar-refractivity contribution in [3.8, 4) is 0 Å². The van der Waals surface area contributed by atoms with Gasteiger partial charge < -0.3 is 5.32 Å². The molecular weight excluding hydrogens is 276 g/mol. The number of nitrogens with two attached hydrogens (primary N) is 1. The monoisotopic (exact) mass is 295 g/mol. The van der Waals surface area contributed by atoms with Gasteiger partial charge in [0.2, 0.25) is 5.91 Å². The fourth-order valence-corrected chi connectivity index (χ4v) is 2.87. The number of anilines is 1. The highest BCUT2D eigenvalue weighted by Gasteiger charge is 2.42. The van der Waals surface area contributed by atoms with Crippen molar-refractivity contribution in [1.29, 1.82) is 0 Å². The second-order valence-corrected chi connectivity index (χ2v) is 5.61. The SMILES string of the molecule is C[C@@H]([NH2+][C@H]1CC(=O)N(c2ccccc2)C1=O)c1ccccc1. The molecule has 0 spiro atoms. The van der Waals surface area contributed by atoms with Crippen LogP contribution in [0.15, 0.2) is 60.7 Å². The van der Waals surface area contributed by atoms with Crippen LogP contribution < -0.4 is 10.2 Å². The molecule has 0 bridgehead atoms. The minimum atomic E-state index is -0.345. The number of quaternary nitrogens is 1. The molecule has 1 fully saturated rings. The van der Waals surface area contributed by atoms with Crippen LogP contribution in [0.2, 0.25) is 0 Å². The Bertz CT molecular complexity index is 670. The van der Waals surface area contributed by atoms with Crippen molar-refractivity contribution in [3.05, 3.63) is 66.2 Å². The first-order valence-electron chi connectivity index (χ1n) is 7.48. The summed E-state index contributed by atoms with van der Waals surface area (Å²) in [5.74, 6) is -0.253. The van der Waals surface area contributed by atoms with Gasteiger partial charge in [-0.25, -0.2) is 4.90 Å². The van der Waals surface area contributed by atoms with E-state index in [-0.39, 0.29) is 30.3 Å². The molecule has 0 aromatic heterocycles. The number of rotatable bonds is 4. The van der Waals surface area contributed by atoms with E-state index in [0.717, 1.165) is 5.56 Å². The lowest BCUT2D eigenvalue weighted by atomic mass is 10.1. The summed E-state index contributed by atoms with van der Waals surface area (Å²) >= 11 is 0. The largest absolute Gasteiger partial charge is 0.330 e. The summed E-state index contributed by atoms with van der Waals surface area (Å²) in [6, 6.07) is 18.9. The van der Waals surface area contributed by atoms with Gasteiger partial charge in [-0.3, -0.25) is 9.59 Å². The first-order valence-corrected chi connectivity index (χ1v) is 7.48. The molecule has 22 heavy (non-hydrogen) atoms. The zero-order chi connectivity index (χ0) is 15.5. The third kappa shape index (κ3) is 2.78. The number of nitrogens with zero attached hydrogens (tertiary/aromatic N) is 1. The quantitative estimate of drug-likeness (QED) is 0.872. The van der Waals surface area contributed by atoms with Gasteiger partial charge in [0, 0.05) is 5.56 Å². The summed E-state index contributed by atoms with van der Waals surface area (Å²) in [6.45, 7) is 2.05. The lowest BCUT2D eigenvalue weighted by molar-refractivity contribution is -0.711. The molecule has 3 rings (SSSR count). The van der Waals surface area contributed by atoms with Crippen LogP contribution in [0.5, 0.6) is 0 Å². The van der Waals surface area contributed by atoms with Crippen molar-refractivity contribution in [2.45, 2.75) is 25.4 Å². The van der Waals surface area contributed by atoms with E-state index >= 15 is 0 Å². The van der Waals surface area contributed by atoms with Crippen LogP contribution >= 0.6 is 0 Å². The van der Waals surface area contributed by atoms with Crippen LogP contribution in [0.1, 0.15) is 24.9 Å². The molecular formula is C18H19N2O2+. The topological polar surface area (TPSA) is 54.0 Å². The molecule has 0 aliphatic carbocycles. The Labute approximate surface area is 129 Å². The second kappa shape index (κ2) is 6.12. The van der Waals surface area contributed by atoms with Gasteiger partial charge in [-0.15, -0.1) is 0 Å². The second-order valence-electron chi connectivity index (χ2n) is 5.61. The predicted octanol–water partition coefficient (Wildman–Crippen LogP) is 1.64. The fourth-order valence-electron chi connectivity index (χ4n) is 2.87. The molecule has 2 aromatic carbocycles. The van der Waals surface area contributed by atoms with E-state index in [1.165, 1.54) is 4.90 Å². The van der Waals surface area contributed by atoms with Crippen molar-refractivity contribution < 1.29 is 14.9 Å². The van der Waals surface area contributed by atoms with E-state index < -0.39 is 0 Å². The first kappa shape index (κ1) is 14.5. The Morgan fingerprint density at radius 2 is 1.59 bits per heavy atom. The number of imide groups is 1. The van der Waals surface area contributed by atoms with Crippen LogP contribution in [0.4, 0.5) is 5.69 Å². The van der Waals surface area contributed by atoms with Crippen molar-refractivity contribution in [1.82, 2.24) is 0 Å². The minimum absolute atomic E-state index is 0.126. The third-order valence-corrected chi connectivity index (χ3v) is 4.04. The molecule has 0 unspecified atom stereocenters. The number of para-hydroxylation sites is 1. The molecule has 2 N–H and O–H groups in total. The van der Waals surface area contributed by atoms with E-state index in [9.17, 15) is 9.59 Å². The summed E-state index contributed by atoms with van der Waals surface area (Å²) < 4.78 is 0. The van der Waals surface area contributed by atoms with E-state index in [2.05, 4.69) is 6.92 Å². The lowest BCUT2D eigenvalue weighted by Gasteiger charge is -2.16. The van der Waals surface area contributed by atoms with E-state index in [0.29, 0.717) is 5.69 Å². The fraction of sp³-hybridized carbons (Fsp3) is 0.222. The molecule has 1 heterocycles. The number of carbonyl (C=O) groups excluding carboxylic acids is 2. The standard InChI is InChI=1S/C18H18N2O2/c1-13(14-8-4-2-5-9-14)19-16-12-17(21)20(18(16)22)15-10-6-3-7-11-15/h2-11,13,16,19H,12H2,1H3/p+1/t13-,16+/m1/s1. The molecule has 1 saturated heterocycles. The van der Waals surface area contributed by atoms with E-state index in [1.54, 1.807) is 12.1 Å². The number of carbonyl (C=O) groups is 2. The van der Waals surface area contributed by atoms with Crippen molar-refractivity contribution >= 4 is 17.5 Å². The van der Waals surface area contributed by atoms with Gasteiger partial charge in [0.15, 0.2) is 6.04 Å². The number of amides is 2. The summed E-state index contributed by atoms with van der Waals surface area (Å²) in [6.07, 6.45) is 0.255. The molecule has 112 valence electrons. The average molecular weight is 295 g/mol. The molecule has 2 amide bonds. The summed E-state index contributed by atoms with van der Waals surface area (Å²) in [5, 5.41) is 1.98. The maximum Gasteiger partial charge on any atom is 0.292 e. The van der Waals surface area contributed by atoms with Gasteiger partial charge in [0.1, 0.15) is 6.04 Å². The zero-order valence-electron chi connectivity index (χ0n) is 12.5. The van der Waals surface area contributed by atoms with Crippen LogP contribution in [0, 0.1) is 0 Å². The maximum absolute atomic E-state index is 12.6. The molecule has 0 radical (unpaired) electrons. The van der Waals surface area contributed by atoms with Gasteiger partial charge in [-0.2, -0.15) is 0 Å². The minimum Gasteiger partial charge on any atom is -0.330 e. The predicted molar refractivity (Wildman–Crippen MR) is 84.1 cm³/mol. The normalized spacial score (nSPS) is 19.5. The van der Waals surface area contributed by atoms with Crippen molar-refractivity contribution in [2.24, 2.45) is 0 Å². The number of hydrogen-bond donors (Lipinski definition) is 1. The first-order chi connectivity index (χ1) is 10.7. The molecule has 1 aliphatic rings. The molecule has 4 nitrogen and oxygen atoms in total. The van der Waals surface area contributed by atoms with Gasteiger partial charge >= 0.3 is 0 Å². The van der Waals surface area contributed by atoms with Crippen molar-refractivity contribution in [2.75, 3.05) is 4.90 Å². The number of benzene rings is 2. The van der Waals surface area contributed by atoms with Crippen molar-refractivity contribution in [3.63, 3.8) is 0 Å². The Morgan fingerprint density at radius 1 is 1.00 bits per heavy atom. The Balaban J connectivity index is 1.74. The lowest BCUT2D eigenvalue weighted by Crippen LogP contribution is -2.91. The Hall–Kier alpha value is -2.46. The van der Waals surface area contributed by atoms with E-state index in [4.69, 9.17) is 0 Å². The van der Waals surface area contributed by atoms with Crippen LogP contribution in [0.3, 0.4) is 0 Å². The molecule has 2 aromatic rings. The molecule has 0 saturated carbocycles. The summed E-state index contributed by atoms with van der Waals surface area (Å²) in [7, 11) is 0. The summed E-state index contributed by atoms with van der Waals surface area (Å²) in [4.78, 5) is 26.1. The van der Waals surface area contributed by atoms with Gasteiger partial charge in [-0.1, -0.05) is 48.5 Å². The van der Waals surface area contributed by atoms with Gasteiger partial charge in [0.05, 0.1) is 12.1 Å². The van der Waals surface area contributed by atoms with Crippen LogP contribution in [-0.2, 0) is 9.59 Å². The highest BCUT2D eigenvalue weighted by molar-refractivity contribution is 6.21. The number of hydrogen-bond acceptors (Lipinski definition) is 2. The maximum atomic E-state index is 12.6. The summed E-state index contributed by atoms with van der Waals surface area (Å²) in [5.41, 5.74) is 1.81. The highest BCUT2D eigenvalue weighted by Crippen LogP contribution is 2.21. The van der Waals surface area contributed by atoms with E-state index in [1.807, 2.05) is 53.8 Å². The highest BCUT2D eigenvalue weighted by atomic mass is 16.2. The van der Waals surface area contributed by atoms with Gasteiger partial charge in [0.25, 0.3) is 5.91 Å². The zero-order valence-corrected chi connectivity index (χ0v) is 12.5. The molecule has 1 aliphatic heterocycles. The van der Waals surface area contributed by atoms with Crippen LogP contribution in [-0.4, -0.2) is 17.9 Å². The smallest absolute Gasteiger partial charge is 0.292 e. The third-order valence-electron chi connectivity index (χ3n) is 4.04.